The predicted octanol–water partition coefficient (Wildman–Crippen LogP) is 1.29. The zero-order chi connectivity index (χ0) is 9.03. The Morgan fingerprint density at radius 2 is 1.77 bits per heavy atom. The molecule has 0 aliphatic carbocycles. The SMILES string of the molecule is O=P(O)(O)OCc1ccccc1.[Ni]. The topological polar surface area (TPSA) is 66.8 Å². The van der Waals surface area contributed by atoms with Crippen LogP contribution in [0.5, 0.6) is 0 Å². The van der Waals surface area contributed by atoms with Crippen molar-refractivity contribution in [2.75, 3.05) is 0 Å². The van der Waals surface area contributed by atoms with Gasteiger partial charge in [-0.3, -0.25) is 4.52 Å². The van der Waals surface area contributed by atoms with Crippen LogP contribution < -0.4 is 0 Å². The van der Waals surface area contributed by atoms with Crippen LogP contribution in [0.1, 0.15) is 5.56 Å². The minimum absolute atomic E-state index is 0. The molecule has 0 spiro atoms. The van der Waals surface area contributed by atoms with E-state index in [0.717, 1.165) is 5.56 Å². The molecule has 13 heavy (non-hydrogen) atoms. The largest absolute Gasteiger partial charge is 0.469 e. The standard InChI is InChI=1S/C7H9O4P.Ni/c8-12(9,10)11-6-7-4-2-1-3-5-7;/h1-5H,6H2,(H2,8,9,10);. The quantitative estimate of drug-likeness (QED) is 0.623. The van der Waals surface area contributed by atoms with E-state index in [9.17, 15) is 4.57 Å². The normalized spacial score (nSPS) is 10.6. The molecular formula is C7H9NiO4P. The second-order valence-corrected chi connectivity index (χ2v) is 3.49. The van der Waals surface area contributed by atoms with Crippen LogP contribution in [0.25, 0.3) is 0 Å². The smallest absolute Gasteiger partial charge is 0.303 e. The summed E-state index contributed by atoms with van der Waals surface area (Å²) >= 11 is 0. The monoisotopic (exact) mass is 246 g/mol. The number of phosphoric ester groups is 1. The van der Waals surface area contributed by atoms with E-state index < -0.39 is 7.82 Å². The third kappa shape index (κ3) is 5.97. The van der Waals surface area contributed by atoms with E-state index in [1.54, 1.807) is 24.3 Å². The van der Waals surface area contributed by atoms with Gasteiger partial charge in [0, 0.05) is 16.5 Å². The fourth-order valence-corrected chi connectivity index (χ4v) is 1.05. The molecule has 0 aromatic heterocycles. The minimum Gasteiger partial charge on any atom is -0.303 e. The molecule has 0 bridgehead atoms. The molecule has 0 heterocycles. The van der Waals surface area contributed by atoms with Crippen molar-refractivity contribution in [2.45, 2.75) is 6.61 Å². The predicted molar refractivity (Wildman–Crippen MR) is 43.3 cm³/mol. The molecule has 0 saturated carbocycles. The van der Waals surface area contributed by atoms with Gasteiger partial charge >= 0.3 is 7.82 Å². The van der Waals surface area contributed by atoms with E-state index in [0.29, 0.717) is 0 Å². The molecule has 0 radical (unpaired) electrons. The van der Waals surface area contributed by atoms with Crippen molar-refractivity contribution < 1.29 is 35.4 Å². The van der Waals surface area contributed by atoms with Gasteiger partial charge in [0.1, 0.15) is 0 Å². The maximum absolute atomic E-state index is 10.3. The molecule has 0 saturated heterocycles. The number of hydrogen-bond acceptors (Lipinski definition) is 2. The Morgan fingerprint density at radius 1 is 1.23 bits per heavy atom. The zero-order valence-electron chi connectivity index (χ0n) is 6.57. The third-order valence-electron chi connectivity index (χ3n) is 1.24. The summed E-state index contributed by atoms with van der Waals surface area (Å²) in [5.74, 6) is 0. The van der Waals surface area contributed by atoms with Crippen LogP contribution in [0.2, 0.25) is 0 Å². The van der Waals surface area contributed by atoms with Crippen molar-refractivity contribution in [3.05, 3.63) is 35.9 Å². The van der Waals surface area contributed by atoms with Crippen molar-refractivity contribution >= 4 is 7.82 Å². The molecule has 0 aliphatic rings. The van der Waals surface area contributed by atoms with Crippen LogP contribution in [0.3, 0.4) is 0 Å². The molecule has 0 amide bonds. The van der Waals surface area contributed by atoms with Crippen molar-refractivity contribution in [3.8, 4) is 0 Å². The van der Waals surface area contributed by atoms with Crippen LogP contribution in [-0.2, 0) is 32.2 Å². The Bertz CT molecular complexity index is 284. The Hall–Kier alpha value is -0.176. The Balaban J connectivity index is 0.00000144. The van der Waals surface area contributed by atoms with Crippen molar-refractivity contribution in [3.63, 3.8) is 0 Å². The van der Waals surface area contributed by atoms with Gasteiger partial charge < -0.3 is 9.79 Å². The fraction of sp³-hybridized carbons (Fsp3) is 0.143. The van der Waals surface area contributed by atoms with Crippen LogP contribution >= 0.6 is 7.82 Å². The number of hydrogen-bond donors (Lipinski definition) is 2. The second kappa shape index (κ2) is 5.53. The molecule has 0 aliphatic heterocycles. The summed E-state index contributed by atoms with van der Waals surface area (Å²) < 4.78 is 14.6. The molecule has 1 aromatic rings. The summed E-state index contributed by atoms with van der Waals surface area (Å²) in [5.41, 5.74) is 0.737. The molecular weight excluding hydrogens is 238 g/mol. The first-order valence-electron chi connectivity index (χ1n) is 3.32. The maximum Gasteiger partial charge on any atom is 0.469 e. The third-order valence-corrected chi connectivity index (χ3v) is 1.71. The number of phosphoric acid groups is 1. The van der Waals surface area contributed by atoms with E-state index in [1.165, 1.54) is 0 Å². The first kappa shape index (κ1) is 12.8. The molecule has 0 atom stereocenters. The Kier molecular flexibility index (Phi) is 5.46. The van der Waals surface area contributed by atoms with E-state index in [4.69, 9.17) is 9.79 Å². The Morgan fingerprint density at radius 3 is 2.23 bits per heavy atom. The van der Waals surface area contributed by atoms with Crippen molar-refractivity contribution in [2.24, 2.45) is 0 Å². The van der Waals surface area contributed by atoms with Gasteiger partial charge in [0.2, 0.25) is 0 Å². The van der Waals surface area contributed by atoms with Crippen LogP contribution in [0, 0.1) is 0 Å². The van der Waals surface area contributed by atoms with E-state index in [1.807, 2.05) is 6.07 Å². The van der Waals surface area contributed by atoms with Gasteiger partial charge in [0.15, 0.2) is 0 Å². The average Bonchev–Trinajstić information content (AvgIpc) is 2.02. The van der Waals surface area contributed by atoms with Gasteiger partial charge in [-0.25, -0.2) is 4.57 Å². The van der Waals surface area contributed by atoms with Crippen LogP contribution in [0.4, 0.5) is 0 Å². The summed E-state index contributed by atoms with van der Waals surface area (Å²) in [6, 6.07) is 8.84. The molecule has 0 fully saturated rings. The van der Waals surface area contributed by atoms with Crippen molar-refractivity contribution in [1.82, 2.24) is 0 Å². The number of benzene rings is 1. The molecule has 4 nitrogen and oxygen atoms in total. The maximum atomic E-state index is 10.3. The van der Waals surface area contributed by atoms with Crippen LogP contribution in [0.15, 0.2) is 30.3 Å². The Labute approximate surface area is 86.1 Å². The van der Waals surface area contributed by atoms with Gasteiger partial charge in [-0.1, -0.05) is 30.3 Å². The van der Waals surface area contributed by atoms with Gasteiger partial charge in [0.05, 0.1) is 6.61 Å². The summed E-state index contributed by atoms with van der Waals surface area (Å²) in [6.45, 7) is -0.0644. The summed E-state index contributed by atoms with van der Waals surface area (Å²) in [7, 11) is -4.33. The van der Waals surface area contributed by atoms with E-state index in [2.05, 4.69) is 4.52 Å². The molecule has 2 N–H and O–H groups in total. The zero-order valence-corrected chi connectivity index (χ0v) is 8.45. The van der Waals surface area contributed by atoms with Crippen LogP contribution in [-0.4, -0.2) is 9.79 Å². The van der Waals surface area contributed by atoms with E-state index in [-0.39, 0.29) is 23.1 Å². The summed E-state index contributed by atoms with van der Waals surface area (Å²) in [6.07, 6.45) is 0. The molecule has 1 aromatic carbocycles. The van der Waals surface area contributed by atoms with Gasteiger partial charge in [-0.15, -0.1) is 0 Å². The van der Waals surface area contributed by atoms with Crippen molar-refractivity contribution in [1.29, 1.82) is 0 Å². The molecule has 1 rings (SSSR count). The average molecular weight is 247 g/mol. The molecule has 6 heteroatoms. The first-order valence-corrected chi connectivity index (χ1v) is 4.85. The first-order chi connectivity index (χ1) is 5.58. The second-order valence-electron chi connectivity index (χ2n) is 2.25. The number of rotatable bonds is 3. The van der Waals surface area contributed by atoms with Gasteiger partial charge in [0.25, 0.3) is 0 Å². The fourth-order valence-electron chi connectivity index (χ4n) is 0.733. The summed E-state index contributed by atoms with van der Waals surface area (Å²) in [5, 5.41) is 0. The summed E-state index contributed by atoms with van der Waals surface area (Å²) in [4.78, 5) is 16.7. The van der Waals surface area contributed by atoms with Gasteiger partial charge in [-0.2, -0.15) is 0 Å². The molecule has 76 valence electrons. The molecule has 0 unspecified atom stereocenters. The van der Waals surface area contributed by atoms with E-state index >= 15 is 0 Å². The van der Waals surface area contributed by atoms with Gasteiger partial charge in [-0.05, 0) is 5.56 Å². The minimum atomic E-state index is -4.33.